The van der Waals surface area contributed by atoms with Crippen molar-refractivity contribution in [3.8, 4) is 29.1 Å². The number of methoxy groups -OCH3 is 3. The van der Waals surface area contributed by atoms with Gasteiger partial charge in [-0.2, -0.15) is 5.26 Å². The summed E-state index contributed by atoms with van der Waals surface area (Å²) in [4.78, 5) is 0. The zero-order chi connectivity index (χ0) is 23.1. The maximum absolute atomic E-state index is 9.75. The number of nitriles is 1. The molecule has 0 amide bonds. The third kappa shape index (κ3) is 5.56. The number of hydrogen-bond donors (Lipinski definition) is 0. The van der Waals surface area contributed by atoms with Crippen LogP contribution in [0.1, 0.15) is 16.7 Å². The molecule has 0 saturated heterocycles. The lowest BCUT2D eigenvalue weighted by molar-refractivity contribution is 0.282. The van der Waals surface area contributed by atoms with Gasteiger partial charge in [-0.15, -0.1) is 0 Å². The maximum atomic E-state index is 9.75. The molecule has 32 heavy (non-hydrogen) atoms. The highest BCUT2D eigenvalue weighted by atomic mass is 79.9. The molecule has 0 radical (unpaired) electrons. The highest BCUT2D eigenvalue weighted by Crippen LogP contribution is 2.38. The minimum atomic E-state index is 0.333. The Bertz CT molecular complexity index is 1190. The van der Waals surface area contributed by atoms with E-state index in [1.54, 1.807) is 39.5 Å². The number of allylic oxidation sites excluding steroid dienone is 1. The lowest BCUT2D eigenvalue weighted by Gasteiger charge is -2.14. The number of rotatable bonds is 8. The van der Waals surface area contributed by atoms with Gasteiger partial charge in [0, 0.05) is 5.02 Å². The third-order valence-electron chi connectivity index (χ3n) is 4.65. The number of benzene rings is 3. The van der Waals surface area contributed by atoms with Gasteiger partial charge >= 0.3 is 0 Å². The Hall–Kier alpha value is -3.14. The lowest BCUT2D eigenvalue weighted by Crippen LogP contribution is -1.99. The standard InChI is InChI=1S/C25H21BrClNO4/c1-29-22-8-7-18(13-23(22)30-2)19(14-28)9-17-11-21(26)25(24(12-17)31-3)32-15-16-5-4-6-20(27)10-16/h4-13H,15H2,1-3H3/b19-9+. The molecule has 3 aromatic carbocycles. The predicted molar refractivity (Wildman–Crippen MR) is 130 cm³/mol. The van der Waals surface area contributed by atoms with E-state index < -0.39 is 0 Å². The molecule has 0 N–H and O–H groups in total. The summed E-state index contributed by atoms with van der Waals surface area (Å²) >= 11 is 9.61. The first-order valence-electron chi connectivity index (χ1n) is 9.58. The van der Waals surface area contributed by atoms with E-state index in [4.69, 9.17) is 30.5 Å². The average molecular weight is 515 g/mol. The highest BCUT2D eigenvalue weighted by molar-refractivity contribution is 9.10. The topological polar surface area (TPSA) is 60.7 Å². The second-order valence-corrected chi connectivity index (χ2v) is 7.98. The van der Waals surface area contributed by atoms with Gasteiger partial charge in [0.2, 0.25) is 0 Å². The van der Waals surface area contributed by atoms with E-state index in [2.05, 4.69) is 22.0 Å². The second kappa shape index (κ2) is 10.9. The summed E-state index contributed by atoms with van der Waals surface area (Å²) in [6.07, 6.45) is 1.77. The van der Waals surface area contributed by atoms with Crippen molar-refractivity contribution in [3.05, 3.63) is 80.8 Å². The van der Waals surface area contributed by atoms with E-state index >= 15 is 0 Å². The van der Waals surface area contributed by atoms with Gasteiger partial charge < -0.3 is 18.9 Å². The van der Waals surface area contributed by atoms with E-state index in [0.29, 0.717) is 50.2 Å². The summed E-state index contributed by atoms with van der Waals surface area (Å²) in [5, 5.41) is 10.4. The molecule has 3 aromatic rings. The third-order valence-corrected chi connectivity index (χ3v) is 5.47. The van der Waals surface area contributed by atoms with Crippen molar-refractivity contribution in [2.75, 3.05) is 21.3 Å². The van der Waals surface area contributed by atoms with E-state index in [9.17, 15) is 5.26 Å². The van der Waals surface area contributed by atoms with Crippen molar-refractivity contribution in [1.29, 1.82) is 5.26 Å². The van der Waals surface area contributed by atoms with Crippen LogP contribution in [0.15, 0.2) is 59.1 Å². The molecule has 0 heterocycles. The van der Waals surface area contributed by atoms with Crippen molar-refractivity contribution in [3.63, 3.8) is 0 Å². The van der Waals surface area contributed by atoms with Gasteiger partial charge in [-0.3, -0.25) is 0 Å². The van der Waals surface area contributed by atoms with E-state index in [1.165, 1.54) is 0 Å². The van der Waals surface area contributed by atoms with Crippen LogP contribution in [0.2, 0.25) is 5.02 Å². The Morgan fingerprint density at radius 3 is 2.38 bits per heavy atom. The fourth-order valence-electron chi connectivity index (χ4n) is 3.10. The van der Waals surface area contributed by atoms with Crippen LogP contribution in [-0.4, -0.2) is 21.3 Å². The molecule has 164 valence electrons. The van der Waals surface area contributed by atoms with Crippen molar-refractivity contribution < 1.29 is 18.9 Å². The molecule has 0 atom stereocenters. The summed E-state index contributed by atoms with van der Waals surface area (Å²) in [5.74, 6) is 2.25. The molecular formula is C25H21BrClNO4. The Kier molecular flexibility index (Phi) is 8.04. The van der Waals surface area contributed by atoms with Gasteiger partial charge in [-0.1, -0.05) is 23.7 Å². The van der Waals surface area contributed by atoms with Crippen LogP contribution in [-0.2, 0) is 6.61 Å². The van der Waals surface area contributed by atoms with Gasteiger partial charge in [0.05, 0.1) is 37.4 Å². The zero-order valence-electron chi connectivity index (χ0n) is 17.8. The van der Waals surface area contributed by atoms with Crippen LogP contribution < -0.4 is 18.9 Å². The molecule has 0 fully saturated rings. The van der Waals surface area contributed by atoms with E-state index in [0.717, 1.165) is 11.1 Å². The fourth-order valence-corrected chi connectivity index (χ4v) is 3.88. The largest absolute Gasteiger partial charge is 0.493 e. The van der Waals surface area contributed by atoms with Crippen LogP contribution in [0.5, 0.6) is 23.0 Å². The summed E-state index contributed by atoms with van der Waals surface area (Å²) in [5.41, 5.74) is 2.89. The summed E-state index contributed by atoms with van der Waals surface area (Å²) in [6, 6.07) is 18.7. The van der Waals surface area contributed by atoms with Crippen LogP contribution in [0.25, 0.3) is 11.6 Å². The van der Waals surface area contributed by atoms with Crippen molar-refractivity contribution in [2.24, 2.45) is 0 Å². The normalized spacial score (nSPS) is 10.9. The van der Waals surface area contributed by atoms with Crippen LogP contribution in [0, 0.1) is 11.3 Å². The Balaban J connectivity index is 1.91. The Labute approximate surface area is 200 Å². The van der Waals surface area contributed by atoms with Crippen molar-refractivity contribution in [2.45, 2.75) is 6.61 Å². The average Bonchev–Trinajstić information content (AvgIpc) is 2.81. The number of hydrogen-bond acceptors (Lipinski definition) is 5. The molecule has 0 unspecified atom stereocenters. The minimum absolute atomic E-state index is 0.333. The summed E-state index contributed by atoms with van der Waals surface area (Å²) < 4.78 is 22.8. The maximum Gasteiger partial charge on any atom is 0.175 e. The van der Waals surface area contributed by atoms with Gasteiger partial charge in [-0.25, -0.2) is 0 Å². The highest BCUT2D eigenvalue weighted by Gasteiger charge is 2.13. The lowest BCUT2D eigenvalue weighted by atomic mass is 10.0. The molecule has 5 nitrogen and oxygen atoms in total. The first-order chi connectivity index (χ1) is 15.5. The Morgan fingerprint density at radius 2 is 1.72 bits per heavy atom. The van der Waals surface area contributed by atoms with Crippen molar-refractivity contribution in [1.82, 2.24) is 0 Å². The molecule has 0 aromatic heterocycles. The predicted octanol–water partition coefficient (Wildman–Crippen LogP) is 6.77. The molecule has 0 aliphatic rings. The Morgan fingerprint density at radius 1 is 0.969 bits per heavy atom. The second-order valence-electron chi connectivity index (χ2n) is 6.69. The zero-order valence-corrected chi connectivity index (χ0v) is 20.2. The van der Waals surface area contributed by atoms with Gasteiger partial charge in [0.25, 0.3) is 0 Å². The van der Waals surface area contributed by atoms with E-state index in [-0.39, 0.29) is 0 Å². The first kappa shape index (κ1) is 23.5. The quantitative estimate of drug-likeness (QED) is 0.245. The van der Waals surface area contributed by atoms with Crippen LogP contribution in [0.3, 0.4) is 0 Å². The van der Waals surface area contributed by atoms with E-state index in [1.807, 2.05) is 42.5 Å². The molecule has 0 aliphatic heterocycles. The molecule has 0 aliphatic carbocycles. The van der Waals surface area contributed by atoms with Gasteiger partial charge in [0.1, 0.15) is 6.61 Å². The summed E-state index contributed by atoms with van der Waals surface area (Å²) in [6.45, 7) is 0.333. The molecule has 0 bridgehead atoms. The van der Waals surface area contributed by atoms with Gasteiger partial charge in [0.15, 0.2) is 23.0 Å². The molecule has 0 spiro atoms. The van der Waals surface area contributed by atoms with Gasteiger partial charge in [-0.05, 0) is 81.2 Å². The fraction of sp³-hybridized carbons (Fsp3) is 0.160. The number of ether oxygens (including phenoxy) is 4. The summed E-state index contributed by atoms with van der Waals surface area (Å²) in [7, 11) is 4.70. The molecule has 7 heteroatoms. The molecular weight excluding hydrogens is 494 g/mol. The smallest absolute Gasteiger partial charge is 0.175 e. The van der Waals surface area contributed by atoms with Crippen molar-refractivity contribution >= 4 is 39.2 Å². The molecule has 3 rings (SSSR count). The minimum Gasteiger partial charge on any atom is -0.493 e. The SMILES string of the molecule is COc1ccc(/C(C#N)=C/c2cc(Br)c(OCc3cccc(Cl)c3)c(OC)c2)cc1OC. The number of halogens is 2. The number of nitrogens with zero attached hydrogens (tertiary/aromatic N) is 1. The monoisotopic (exact) mass is 513 g/mol. The first-order valence-corrected chi connectivity index (χ1v) is 10.7. The van der Waals surface area contributed by atoms with Crippen LogP contribution >= 0.6 is 27.5 Å². The van der Waals surface area contributed by atoms with Crippen LogP contribution in [0.4, 0.5) is 0 Å². The molecule has 0 saturated carbocycles.